The molecule has 2 heterocycles. The molecule has 31 heavy (non-hydrogen) atoms. The highest BCUT2D eigenvalue weighted by molar-refractivity contribution is 5.73. The Hall–Kier alpha value is -1.59. The standard InChI is InChI=1S/C26H39NO4/c1-2-3-4-8-20-17-23-26(22-10-6-5-9-21(22)19-30-23)24(18-20)31-25(28)11-7-12-27-13-15-29-16-14-27/h17-18,21-22H,2-16,19H2,1H3. The maximum absolute atomic E-state index is 12.8. The van der Waals surface area contributed by atoms with Crippen LogP contribution >= 0.6 is 0 Å². The van der Waals surface area contributed by atoms with Gasteiger partial charge in [-0.2, -0.15) is 0 Å². The van der Waals surface area contributed by atoms with E-state index in [0.717, 1.165) is 75.8 Å². The van der Waals surface area contributed by atoms with Crippen LogP contribution in [0.2, 0.25) is 0 Å². The third-order valence-corrected chi connectivity index (χ3v) is 7.15. The molecule has 0 spiro atoms. The maximum atomic E-state index is 12.8. The summed E-state index contributed by atoms with van der Waals surface area (Å²) in [4.78, 5) is 15.1. The third kappa shape index (κ3) is 6.01. The van der Waals surface area contributed by atoms with Gasteiger partial charge in [-0.15, -0.1) is 0 Å². The van der Waals surface area contributed by atoms with Crippen LogP contribution in [0.5, 0.6) is 11.5 Å². The van der Waals surface area contributed by atoms with E-state index in [2.05, 4.69) is 24.0 Å². The quantitative estimate of drug-likeness (QED) is 0.310. The predicted octanol–water partition coefficient (Wildman–Crippen LogP) is 5.10. The van der Waals surface area contributed by atoms with E-state index >= 15 is 0 Å². The van der Waals surface area contributed by atoms with Crippen LogP contribution in [0.1, 0.15) is 81.8 Å². The van der Waals surface area contributed by atoms with Gasteiger partial charge in [-0.3, -0.25) is 9.69 Å². The van der Waals surface area contributed by atoms with E-state index in [-0.39, 0.29) is 5.97 Å². The molecule has 172 valence electrons. The Labute approximate surface area is 187 Å². The molecule has 2 fully saturated rings. The molecular formula is C26H39NO4. The van der Waals surface area contributed by atoms with Crippen LogP contribution in [-0.2, 0) is 16.0 Å². The average molecular weight is 430 g/mol. The Balaban J connectivity index is 1.44. The summed E-state index contributed by atoms with van der Waals surface area (Å²) in [5.41, 5.74) is 2.40. The lowest BCUT2D eigenvalue weighted by molar-refractivity contribution is -0.134. The van der Waals surface area contributed by atoms with Gasteiger partial charge in [0, 0.05) is 31.0 Å². The molecule has 4 rings (SSSR count). The lowest BCUT2D eigenvalue weighted by Gasteiger charge is -2.38. The predicted molar refractivity (Wildman–Crippen MR) is 122 cm³/mol. The van der Waals surface area contributed by atoms with Gasteiger partial charge in [0.05, 0.1) is 19.8 Å². The Morgan fingerprint density at radius 2 is 1.97 bits per heavy atom. The van der Waals surface area contributed by atoms with E-state index in [0.29, 0.717) is 18.3 Å². The van der Waals surface area contributed by atoms with Crippen molar-refractivity contribution < 1.29 is 19.0 Å². The number of rotatable bonds is 9. The molecule has 2 unspecified atom stereocenters. The zero-order valence-electron chi connectivity index (χ0n) is 19.2. The Kier molecular flexibility index (Phi) is 8.26. The molecule has 5 nitrogen and oxygen atoms in total. The number of benzene rings is 1. The molecule has 3 aliphatic rings. The number of hydrogen-bond acceptors (Lipinski definition) is 5. The van der Waals surface area contributed by atoms with Crippen LogP contribution in [0.25, 0.3) is 0 Å². The van der Waals surface area contributed by atoms with Crippen molar-refractivity contribution in [1.82, 2.24) is 4.90 Å². The van der Waals surface area contributed by atoms with Gasteiger partial charge < -0.3 is 14.2 Å². The number of fused-ring (bicyclic) bond motifs is 3. The number of ether oxygens (including phenoxy) is 3. The smallest absolute Gasteiger partial charge is 0.311 e. The van der Waals surface area contributed by atoms with Crippen molar-refractivity contribution in [1.29, 1.82) is 0 Å². The SMILES string of the molecule is CCCCCc1cc2c(c(OC(=O)CCCN3CCOCC3)c1)C1CCCCC1CO2. The zero-order chi connectivity index (χ0) is 21.5. The summed E-state index contributed by atoms with van der Waals surface area (Å²) >= 11 is 0. The third-order valence-electron chi connectivity index (χ3n) is 7.15. The molecule has 5 heteroatoms. The van der Waals surface area contributed by atoms with Crippen LogP contribution in [0.3, 0.4) is 0 Å². The van der Waals surface area contributed by atoms with Crippen LogP contribution < -0.4 is 9.47 Å². The van der Waals surface area contributed by atoms with E-state index in [1.807, 2.05) is 0 Å². The first kappa shape index (κ1) is 22.6. The molecular weight excluding hydrogens is 390 g/mol. The number of morpholine rings is 1. The summed E-state index contributed by atoms with van der Waals surface area (Å²) in [6.07, 6.45) is 10.8. The van der Waals surface area contributed by atoms with E-state index < -0.39 is 0 Å². The highest BCUT2D eigenvalue weighted by Crippen LogP contribution is 2.49. The van der Waals surface area contributed by atoms with Gasteiger partial charge in [-0.1, -0.05) is 32.6 Å². The first-order chi connectivity index (χ1) is 15.2. The molecule has 2 aliphatic heterocycles. The van der Waals surface area contributed by atoms with E-state index in [1.165, 1.54) is 44.1 Å². The minimum Gasteiger partial charge on any atom is -0.493 e. The summed E-state index contributed by atoms with van der Waals surface area (Å²) in [6.45, 7) is 7.48. The highest BCUT2D eigenvalue weighted by atomic mass is 16.5. The molecule has 0 bridgehead atoms. The lowest BCUT2D eigenvalue weighted by Crippen LogP contribution is -2.37. The first-order valence-electron chi connectivity index (χ1n) is 12.5. The Morgan fingerprint density at radius 3 is 2.81 bits per heavy atom. The lowest BCUT2D eigenvalue weighted by atomic mass is 9.74. The molecule has 1 aliphatic carbocycles. The van der Waals surface area contributed by atoms with Crippen molar-refractivity contribution in [3.63, 3.8) is 0 Å². The number of aryl methyl sites for hydroxylation is 1. The summed E-state index contributed by atoms with van der Waals surface area (Å²) in [5.74, 6) is 2.66. The molecule has 1 saturated heterocycles. The highest BCUT2D eigenvalue weighted by Gasteiger charge is 2.36. The van der Waals surface area contributed by atoms with E-state index in [9.17, 15) is 4.79 Å². The van der Waals surface area contributed by atoms with Gasteiger partial charge in [-0.25, -0.2) is 0 Å². The van der Waals surface area contributed by atoms with Gasteiger partial charge in [0.2, 0.25) is 0 Å². The second-order valence-electron chi connectivity index (χ2n) is 9.46. The summed E-state index contributed by atoms with van der Waals surface area (Å²) in [7, 11) is 0. The van der Waals surface area contributed by atoms with Crippen molar-refractivity contribution in [2.45, 2.75) is 77.0 Å². The number of carbonyl (C=O) groups is 1. The van der Waals surface area contributed by atoms with Crippen LogP contribution in [-0.4, -0.2) is 50.3 Å². The molecule has 0 amide bonds. The topological polar surface area (TPSA) is 48.0 Å². The second-order valence-corrected chi connectivity index (χ2v) is 9.46. The van der Waals surface area contributed by atoms with Crippen molar-refractivity contribution in [3.8, 4) is 11.5 Å². The average Bonchev–Trinajstić information content (AvgIpc) is 2.79. The van der Waals surface area contributed by atoms with Crippen LogP contribution in [0, 0.1) is 5.92 Å². The molecule has 1 aromatic carbocycles. The van der Waals surface area contributed by atoms with Gasteiger partial charge in [0.15, 0.2) is 0 Å². The largest absolute Gasteiger partial charge is 0.493 e. The molecule has 0 radical (unpaired) electrons. The Morgan fingerprint density at radius 1 is 1.13 bits per heavy atom. The van der Waals surface area contributed by atoms with Crippen LogP contribution in [0.15, 0.2) is 12.1 Å². The van der Waals surface area contributed by atoms with Crippen molar-refractivity contribution in [3.05, 3.63) is 23.3 Å². The zero-order valence-corrected chi connectivity index (χ0v) is 19.2. The van der Waals surface area contributed by atoms with Gasteiger partial charge in [0.1, 0.15) is 11.5 Å². The van der Waals surface area contributed by atoms with Crippen molar-refractivity contribution in [2.75, 3.05) is 39.5 Å². The number of hydrogen-bond donors (Lipinski definition) is 0. The Bertz CT molecular complexity index is 728. The first-order valence-corrected chi connectivity index (χ1v) is 12.5. The summed E-state index contributed by atoms with van der Waals surface area (Å²) in [6, 6.07) is 4.35. The minimum atomic E-state index is -0.112. The number of esters is 1. The molecule has 1 aromatic rings. The fourth-order valence-electron chi connectivity index (χ4n) is 5.38. The summed E-state index contributed by atoms with van der Waals surface area (Å²) in [5, 5.41) is 0. The molecule has 1 saturated carbocycles. The number of nitrogens with zero attached hydrogens (tertiary/aromatic N) is 1. The van der Waals surface area contributed by atoms with Crippen LogP contribution in [0.4, 0.5) is 0 Å². The fraction of sp³-hybridized carbons (Fsp3) is 0.731. The molecule has 0 N–H and O–H groups in total. The molecule has 0 aromatic heterocycles. The van der Waals surface area contributed by atoms with Crippen molar-refractivity contribution >= 4 is 5.97 Å². The number of unbranched alkanes of at least 4 members (excludes halogenated alkanes) is 2. The van der Waals surface area contributed by atoms with E-state index in [4.69, 9.17) is 14.2 Å². The van der Waals surface area contributed by atoms with Crippen molar-refractivity contribution in [2.24, 2.45) is 5.92 Å². The molecule has 2 atom stereocenters. The fourth-order valence-corrected chi connectivity index (χ4v) is 5.38. The van der Waals surface area contributed by atoms with Gasteiger partial charge in [-0.05, 0) is 62.3 Å². The normalized spacial score (nSPS) is 23.5. The minimum absolute atomic E-state index is 0.112. The summed E-state index contributed by atoms with van der Waals surface area (Å²) < 4.78 is 17.7. The number of carbonyl (C=O) groups excluding carboxylic acids is 1. The second kappa shape index (κ2) is 11.3. The monoisotopic (exact) mass is 429 g/mol. The van der Waals surface area contributed by atoms with Gasteiger partial charge in [0.25, 0.3) is 0 Å². The van der Waals surface area contributed by atoms with E-state index in [1.54, 1.807) is 0 Å². The maximum Gasteiger partial charge on any atom is 0.311 e. The van der Waals surface area contributed by atoms with Gasteiger partial charge >= 0.3 is 5.97 Å².